The van der Waals surface area contributed by atoms with Gasteiger partial charge in [0.2, 0.25) is 0 Å². The first-order chi connectivity index (χ1) is 16.4. The first-order valence-corrected chi connectivity index (χ1v) is 10.2. The number of hydrogen-bond acceptors (Lipinski definition) is 4. The monoisotopic (exact) mass is 507 g/mol. The maximum Gasteiger partial charge on any atom is 0.434 e. The second kappa shape index (κ2) is 7.77. The number of carbonyl (C=O) groups is 1. The molecular weight excluding hydrogens is 496 g/mol. The van der Waals surface area contributed by atoms with Crippen LogP contribution in [0.2, 0.25) is 0 Å². The second-order valence-corrected chi connectivity index (χ2v) is 7.92. The van der Waals surface area contributed by atoms with Gasteiger partial charge < -0.3 is 10.6 Å². The Kier molecular flexibility index (Phi) is 5.05. The minimum absolute atomic E-state index is 0.0479. The van der Waals surface area contributed by atoms with E-state index in [9.17, 15) is 31.1 Å². The number of nitrogens with zero attached hydrogens (tertiary/aromatic N) is 3. The number of anilines is 2. The van der Waals surface area contributed by atoms with Gasteiger partial charge in [0.15, 0.2) is 5.69 Å². The van der Waals surface area contributed by atoms with Gasteiger partial charge in [0.05, 0.1) is 17.4 Å². The van der Waals surface area contributed by atoms with Crippen molar-refractivity contribution in [1.82, 2.24) is 14.8 Å². The number of pyridine rings is 1. The molecule has 2 aromatic heterocycles. The van der Waals surface area contributed by atoms with Crippen LogP contribution in [0.3, 0.4) is 0 Å². The number of halogens is 6. The van der Waals surface area contributed by atoms with Crippen LogP contribution in [0.4, 0.5) is 37.7 Å². The number of aromatic nitrogens is 3. The zero-order valence-electron chi connectivity index (χ0n) is 17.1. The Hall–Kier alpha value is -4.00. The molecule has 0 bridgehead atoms. The molecule has 1 amide bonds. The molecule has 13 heteroatoms. The van der Waals surface area contributed by atoms with Crippen LogP contribution in [0.1, 0.15) is 27.3 Å². The van der Waals surface area contributed by atoms with Gasteiger partial charge in [0.1, 0.15) is 10.7 Å². The van der Waals surface area contributed by atoms with Crippen LogP contribution in [-0.4, -0.2) is 25.7 Å². The third-order valence-electron chi connectivity index (χ3n) is 5.33. The van der Waals surface area contributed by atoms with Gasteiger partial charge in [-0.3, -0.25) is 9.78 Å². The first kappa shape index (κ1) is 22.8. The largest absolute Gasteiger partial charge is 0.434 e. The smallest absolute Gasteiger partial charge is 0.346 e. The second-order valence-electron chi connectivity index (χ2n) is 7.51. The molecule has 0 fully saturated rings. The molecule has 0 radical (unpaired) electrons. The summed E-state index contributed by atoms with van der Waals surface area (Å²) in [6, 6.07) is 9.48. The van der Waals surface area contributed by atoms with Crippen molar-refractivity contribution in [3.8, 4) is 5.69 Å². The summed E-state index contributed by atoms with van der Waals surface area (Å²) in [5, 5.41) is 9.89. The average Bonchev–Trinajstić information content (AvgIpc) is 3.37. The van der Waals surface area contributed by atoms with Crippen molar-refractivity contribution in [2.45, 2.75) is 12.4 Å². The quantitative estimate of drug-likeness (QED) is 0.271. The fraction of sp³-hybridized carbons (Fsp3) is 0.0909. The number of thiocarbonyl (C=S) groups is 1. The van der Waals surface area contributed by atoms with E-state index in [2.05, 4.69) is 20.7 Å². The van der Waals surface area contributed by atoms with Crippen LogP contribution in [0, 0.1) is 0 Å². The van der Waals surface area contributed by atoms with E-state index >= 15 is 0 Å². The van der Waals surface area contributed by atoms with E-state index in [1.54, 1.807) is 24.3 Å². The lowest BCUT2D eigenvalue weighted by molar-refractivity contribution is -0.143. The van der Waals surface area contributed by atoms with Gasteiger partial charge in [0.25, 0.3) is 5.91 Å². The zero-order valence-corrected chi connectivity index (χ0v) is 17.9. The maximum absolute atomic E-state index is 14.1. The van der Waals surface area contributed by atoms with E-state index in [0.29, 0.717) is 37.8 Å². The van der Waals surface area contributed by atoms with Gasteiger partial charge in [-0.05, 0) is 24.3 Å². The minimum Gasteiger partial charge on any atom is -0.346 e. The molecule has 5 rings (SSSR count). The summed E-state index contributed by atoms with van der Waals surface area (Å²) in [5.41, 5.74) is -2.60. The highest BCUT2D eigenvalue weighted by Gasteiger charge is 2.41. The first-order valence-electron chi connectivity index (χ1n) is 9.82. The molecule has 0 unspecified atom stereocenters. The predicted molar refractivity (Wildman–Crippen MR) is 119 cm³/mol. The van der Waals surface area contributed by atoms with Crippen molar-refractivity contribution < 1.29 is 31.1 Å². The summed E-state index contributed by atoms with van der Waals surface area (Å²) in [6.07, 6.45) is -8.31. The fourth-order valence-electron chi connectivity index (χ4n) is 3.89. The van der Waals surface area contributed by atoms with Crippen molar-refractivity contribution in [3.05, 3.63) is 77.4 Å². The molecule has 3 heterocycles. The highest BCUT2D eigenvalue weighted by molar-refractivity contribution is 7.81. The molecule has 178 valence electrons. The van der Waals surface area contributed by atoms with E-state index in [1.807, 2.05) is 0 Å². The Labute approximate surface area is 197 Å². The lowest BCUT2D eigenvalue weighted by Crippen LogP contribution is -2.21. The molecule has 1 aliphatic rings. The zero-order chi connectivity index (χ0) is 25.1. The summed E-state index contributed by atoms with van der Waals surface area (Å²) < 4.78 is 81.7. The number of benzene rings is 2. The average molecular weight is 507 g/mol. The Balaban J connectivity index is 1.61. The normalized spacial score (nSPS) is 13.3. The molecule has 35 heavy (non-hydrogen) atoms. The van der Waals surface area contributed by atoms with Gasteiger partial charge in [-0.1, -0.05) is 30.4 Å². The fourth-order valence-corrected chi connectivity index (χ4v) is 4.17. The molecule has 1 aliphatic heterocycles. The number of alkyl halides is 6. The summed E-state index contributed by atoms with van der Waals surface area (Å²) in [6.45, 7) is 0. The van der Waals surface area contributed by atoms with E-state index in [1.165, 1.54) is 6.07 Å². The highest BCUT2D eigenvalue weighted by atomic mass is 32.1. The highest BCUT2D eigenvalue weighted by Crippen LogP contribution is 2.40. The van der Waals surface area contributed by atoms with Crippen LogP contribution in [0.5, 0.6) is 0 Å². The van der Waals surface area contributed by atoms with E-state index in [-0.39, 0.29) is 11.4 Å². The molecule has 2 aromatic carbocycles. The number of carbonyl (C=O) groups excluding carboxylic acids is 1. The topological polar surface area (TPSA) is 71.8 Å². The number of amides is 1. The lowest BCUT2D eigenvalue weighted by atomic mass is 10.0. The molecule has 0 saturated carbocycles. The van der Waals surface area contributed by atoms with Crippen molar-refractivity contribution >= 4 is 45.3 Å². The Morgan fingerprint density at radius 2 is 1.80 bits per heavy atom. The number of nitrogens with one attached hydrogen (secondary N) is 2. The van der Waals surface area contributed by atoms with E-state index in [0.717, 1.165) is 18.5 Å². The van der Waals surface area contributed by atoms with Crippen LogP contribution >= 0.6 is 12.2 Å². The van der Waals surface area contributed by atoms with Crippen LogP contribution < -0.4 is 10.6 Å². The van der Waals surface area contributed by atoms with Crippen LogP contribution in [0.25, 0.3) is 16.5 Å². The summed E-state index contributed by atoms with van der Waals surface area (Å²) in [7, 11) is 0. The van der Waals surface area contributed by atoms with Gasteiger partial charge in [-0.2, -0.15) is 31.4 Å². The van der Waals surface area contributed by atoms with Crippen molar-refractivity contribution in [1.29, 1.82) is 0 Å². The number of hydrogen-bond donors (Lipinski definition) is 2. The van der Waals surface area contributed by atoms with E-state index in [4.69, 9.17) is 12.2 Å². The van der Waals surface area contributed by atoms with Crippen molar-refractivity contribution in [2.24, 2.45) is 0 Å². The third kappa shape index (κ3) is 3.87. The molecule has 2 N–H and O–H groups in total. The molecule has 0 spiro atoms. The molecule has 0 atom stereocenters. The Morgan fingerprint density at radius 1 is 1.03 bits per heavy atom. The standard InChI is InChI=1S/C22H11F6N5OS/c23-21(24,25)16-8-10(6-7-29-16)31-19(34)13-9-30-33(18(13)22(26,27)28)15-5-4-14-17-11(15)2-1-3-12(17)20(35)32-14/h1-9H,(H,32,35)(H,29,31,34). The summed E-state index contributed by atoms with van der Waals surface area (Å²) in [5.74, 6) is -1.28. The molecule has 4 aromatic rings. The predicted octanol–water partition coefficient (Wildman–Crippen LogP) is 5.81. The molecule has 0 aliphatic carbocycles. The van der Waals surface area contributed by atoms with Gasteiger partial charge in [-0.15, -0.1) is 0 Å². The van der Waals surface area contributed by atoms with Crippen LogP contribution in [-0.2, 0) is 12.4 Å². The summed E-state index contributed by atoms with van der Waals surface area (Å²) >= 11 is 5.27. The van der Waals surface area contributed by atoms with Gasteiger partial charge >= 0.3 is 12.4 Å². The lowest BCUT2D eigenvalue weighted by Gasteiger charge is -2.15. The summed E-state index contributed by atoms with van der Waals surface area (Å²) in [4.78, 5) is 16.3. The van der Waals surface area contributed by atoms with E-state index < -0.39 is 35.2 Å². The van der Waals surface area contributed by atoms with Gasteiger partial charge in [-0.25, -0.2) is 4.68 Å². The SMILES string of the molecule is O=C(Nc1ccnc(C(F)(F)F)c1)c1cnn(-c2ccc3c4c(cccc24)C(=S)N3)c1C(F)(F)F. The minimum atomic E-state index is -5.02. The molecule has 6 nitrogen and oxygen atoms in total. The molecule has 0 saturated heterocycles. The van der Waals surface area contributed by atoms with Crippen LogP contribution in [0.15, 0.2) is 54.9 Å². The van der Waals surface area contributed by atoms with Crippen molar-refractivity contribution in [3.63, 3.8) is 0 Å². The van der Waals surface area contributed by atoms with Crippen molar-refractivity contribution in [2.75, 3.05) is 10.6 Å². The third-order valence-corrected chi connectivity index (χ3v) is 5.65. The molecular formula is C22H11F6N5OS. The Morgan fingerprint density at radius 3 is 2.51 bits per heavy atom. The maximum atomic E-state index is 14.1. The number of rotatable bonds is 3. The van der Waals surface area contributed by atoms with Gasteiger partial charge in [0, 0.05) is 33.9 Å². The Bertz CT molecular complexity index is 1530.